The second-order valence-electron chi connectivity index (χ2n) is 5.70. The number of aliphatic hydroxyl groups excluding tert-OH is 1. The van der Waals surface area contributed by atoms with Crippen molar-refractivity contribution in [3.05, 3.63) is 45.9 Å². The Balaban J connectivity index is 1.61. The molecule has 112 valence electrons. The largest absolute Gasteiger partial charge is 0.487 e. The lowest BCUT2D eigenvalue weighted by Gasteiger charge is -2.08. The Morgan fingerprint density at radius 1 is 1.38 bits per heavy atom. The Morgan fingerprint density at radius 3 is 2.95 bits per heavy atom. The minimum atomic E-state index is -0.471. The van der Waals surface area contributed by atoms with Gasteiger partial charge in [-0.05, 0) is 37.5 Å². The van der Waals surface area contributed by atoms with Gasteiger partial charge in [0.25, 0.3) is 0 Å². The fourth-order valence-corrected chi connectivity index (χ4v) is 3.75. The van der Waals surface area contributed by atoms with Gasteiger partial charge < -0.3 is 9.84 Å². The molecule has 3 nitrogen and oxygen atoms in total. The first kappa shape index (κ1) is 14.5. The predicted octanol–water partition coefficient (Wildman–Crippen LogP) is 4.43. The van der Waals surface area contributed by atoms with Gasteiger partial charge in [0.2, 0.25) is 0 Å². The molecule has 0 spiro atoms. The lowest BCUT2D eigenvalue weighted by Crippen LogP contribution is -1.99. The van der Waals surface area contributed by atoms with Gasteiger partial charge in [-0.1, -0.05) is 25.0 Å². The Labute approximate surface area is 129 Å². The van der Waals surface area contributed by atoms with Gasteiger partial charge in [0, 0.05) is 11.3 Å². The van der Waals surface area contributed by atoms with E-state index in [2.05, 4.69) is 5.38 Å². The van der Waals surface area contributed by atoms with Crippen LogP contribution in [0, 0.1) is 0 Å². The molecule has 1 aromatic heterocycles. The van der Waals surface area contributed by atoms with E-state index in [9.17, 15) is 5.11 Å². The molecule has 0 radical (unpaired) electrons. The summed E-state index contributed by atoms with van der Waals surface area (Å²) >= 11 is 1.76. The maximum absolute atomic E-state index is 9.59. The summed E-state index contributed by atoms with van der Waals surface area (Å²) in [5.41, 5.74) is 1.88. The van der Waals surface area contributed by atoms with E-state index in [-0.39, 0.29) is 0 Å². The summed E-state index contributed by atoms with van der Waals surface area (Å²) in [6.07, 6.45) is 4.76. The number of aromatic nitrogens is 1. The van der Waals surface area contributed by atoms with E-state index in [1.54, 1.807) is 18.3 Å². The molecule has 1 atom stereocenters. The summed E-state index contributed by atoms with van der Waals surface area (Å²) in [6, 6.07) is 7.60. The predicted molar refractivity (Wildman–Crippen MR) is 84.7 cm³/mol. The van der Waals surface area contributed by atoms with Crippen LogP contribution in [0.15, 0.2) is 29.6 Å². The third-order valence-electron chi connectivity index (χ3n) is 4.00. The van der Waals surface area contributed by atoms with E-state index in [4.69, 9.17) is 9.72 Å². The standard InChI is InChI=1S/C17H21NO2S/c1-12(19)14-7-4-8-16(9-14)20-10-15-11-21-17(18-15)13-5-2-3-6-13/h4,7-9,11-13,19H,2-3,5-6,10H2,1H3. The molecule has 0 saturated heterocycles. The molecule has 1 aliphatic carbocycles. The van der Waals surface area contributed by atoms with Crippen molar-refractivity contribution in [3.63, 3.8) is 0 Å². The highest BCUT2D eigenvalue weighted by Gasteiger charge is 2.20. The summed E-state index contributed by atoms with van der Waals surface area (Å²) in [5, 5.41) is 13.0. The average molecular weight is 303 g/mol. The lowest BCUT2D eigenvalue weighted by molar-refractivity contribution is 0.198. The highest BCUT2D eigenvalue weighted by molar-refractivity contribution is 7.09. The summed E-state index contributed by atoms with van der Waals surface area (Å²) < 4.78 is 5.79. The second-order valence-corrected chi connectivity index (χ2v) is 6.59. The second kappa shape index (κ2) is 6.58. The molecule has 0 aliphatic heterocycles. The van der Waals surface area contributed by atoms with Crippen LogP contribution < -0.4 is 4.74 Å². The van der Waals surface area contributed by atoms with Gasteiger partial charge in [-0.25, -0.2) is 4.98 Å². The zero-order valence-corrected chi connectivity index (χ0v) is 13.1. The normalized spacial score (nSPS) is 17.0. The number of hydrogen-bond donors (Lipinski definition) is 1. The molecule has 1 aromatic carbocycles. The molecule has 1 N–H and O–H groups in total. The molecule has 0 bridgehead atoms. The SMILES string of the molecule is CC(O)c1cccc(OCc2csc(C3CCCC3)n2)c1. The van der Waals surface area contributed by atoms with Crippen LogP contribution >= 0.6 is 11.3 Å². The van der Waals surface area contributed by atoms with Crippen molar-refractivity contribution in [2.24, 2.45) is 0 Å². The molecule has 3 rings (SSSR count). The van der Waals surface area contributed by atoms with E-state index in [1.807, 2.05) is 24.3 Å². The molecular weight excluding hydrogens is 282 g/mol. The molecule has 2 aromatic rings. The number of ether oxygens (including phenoxy) is 1. The number of benzene rings is 1. The van der Waals surface area contributed by atoms with Crippen LogP contribution in [0.25, 0.3) is 0 Å². The molecule has 0 amide bonds. The quantitative estimate of drug-likeness (QED) is 0.888. The van der Waals surface area contributed by atoms with Gasteiger partial charge >= 0.3 is 0 Å². The highest BCUT2D eigenvalue weighted by atomic mass is 32.1. The van der Waals surface area contributed by atoms with Gasteiger partial charge in [-0.2, -0.15) is 0 Å². The van der Waals surface area contributed by atoms with E-state index in [0.29, 0.717) is 12.5 Å². The van der Waals surface area contributed by atoms with Gasteiger partial charge in [-0.15, -0.1) is 11.3 Å². The third kappa shape index (κ3) is 3.63. The first-order valence-corrected chi connectivity index (χ1v) is 8.45. The summed E-state index contributed by atoms with van der Waals surface area (Å²) in [4.78, 5) is 4.71. The molecule has 1 heterocycles. The Kier molecular flexibility index (Phi) is 4.56. The minimum absolute atomic E-state index is 0.471. The van der Waals surface area contributed by atoms with Crippen molar-refractivity contribution in [1.82, 2.24) is 4.98 Å². The van der Waals surface area contributed by atoms with Gasteiger partial charge in [0.1, 0.15) is 12.4 Å². The lowest BCUT2D eigenvalue weighted by atomic mass is 10.1. The van der Waals surface area contributed by atoms with Crippen LogP contribution in [0.1, 0.15) is 60.9 Å². The molecule has 1 aliphatic rings. The van der Waals surface area contributed by atoms with Crippen LogP contribution in [0.3, 0.4) is 0 Å². The number of hydrogen-bond acceptors (Lipinski definition) is 4. The van der Waals surface area contributed by atoms with Gasteiger partial charge in [0.05, 0.1) is 16.8 Å². The van der Waals surface area contributed by atoms with E-state index >= 15 is 0 Å². The first-order chi connectivity index (χ1) is 10.2. The number of aliphatic hydroxyl groups is 1. The number of thiazole rings is 1. The fourth-order valence-electron chi connectivity index (χ4n) is 2.77. The van der Waals surface area contributed by atoms with Crippen LogP contribution in [-0.2, 0) is 6.61 Å². The molecule has 4 heteroatoms. The molecule has 1 fully saturated rings. The molecule has 21 heavy (non-hydrogen) atoms. The molecule has 1 unspecified atom stereocenters. The van der Waals surface area contributed by atoms with E-state index < -0.39 is 6.10 Å². The Morgan fingerprint density at radius 2 is 2.19 bits per heavy atom. The fraction of sp³-hybridized carbons (Fsp3) is 0.471. The third-order valence-corrected chi connectivity index (χ3v) is 5.06. The number of rotatable bonds is 5. The van der Waals surface area contributed by atoms with Crippen molar-refractivity contribution < 1.29 is 9.84 Å². The maximum atomic E-state index is 9.59. The number of nitrogens with zero attached hydrogens (tertiary/aromatic N) is 1. The van der Waals surface area contributed by atoms with Crippen LogP contribution in [0.4, 0.5) is 0 Å². The summed E-state index contributed by atoms with van der Waals surface area (Å²) in [6.45, 7) is 2.25. The van der Waals surface area contributed by atoms with Crippen LogP contribution in [0.2, 0.25) is 0 Å². The minimum Gasteiger partial charge on any atom is -0.487 e. The first-order valence-electron chi connectivity index (χ1n) is 7.57. The van der Waals surface area contributed by atoms with Crippen molar-refractivity contribution in [2.75, 3.05) is 0 Å². The monoisotopic (exact) mass is 303 g/mol. The smallest absolute Gasteiger partial charge is 0.131 e. The van der Waals surface area contributed by atoms with Crippen molar-refractivity contribution in [1.29, 1.82) is 0 Å². The highest BCUT2D eigenvalue weighted by Crippen LogP contribution is 2.35. The topological polar surface area (TPSA) is 42.4 Å². The Hall–Kier alpha value is -1.39. The zero-order chi connectivity index (χ0) is 14.7. The molecular formula is C17H21NO2S. The van der Waals surface area contributed by atoms with Crippen molar-refractivity contribution >= 4 is 11.3 Å². The zero-order valence-electron chi connectivity index (χ0n) is 12.3. The summed E-state index contributed by atoms with van der Waals surface area (Å²) in [5.74, 6) is 1.45. The van der Waals surface area contributed by atoms with Crippen molar-refractivity contribution in [3.8, 4) is 5.75 Å². The summed E-state index contributed by atoms with van der Waals surface area (Å²) in [7, 11) is 0. The van der Waals surface area contributed by atoms with Crippen molar-refractivity contribution in [2.45, 2.75) is 51.2 Å². The van der Waals surface area contributed by atoms with Crippen LogP contribution in [-0.4, -0.2) is 10.1 Å². The average Bonchev–Trinajstić information content (AvgIpc) is 3.16. The van der Waals surface area contributed by atoms with Gasteiger partial charge in [-0.3, -0.25) is 0 Å². The maximum Gasteiger partial charge on any atom is 0.131 e. The van der Waals surface area contributed by atoms with Gasteiger partial charge in [0.15, 0.2) is 0 Å². The Bertz CT molecular complexity index is 588. The van der Waals surface area contributed by atoms with E-state index in [0.717, 1.165) is 17.0 Å². The van der Waals surface area contributed by atoms with E-state index in [1.165, 1.54) is 30.7 Å². The molecule has 1 saturated carbocycles. The van der Waals surface area contributed by atoms with Crippen LogP contribution in [0.5, 0.6) is 5.75 Å².